The quantitative estimate of drug-likeness (QED) is 0.238. The van der Waals surface area contributed by atoms with Gasteiger partial charge in [0, 0.05) is 43.2 Å². The molecule has 7 rings (SSSR count). The van der Waals surface area contributed by atoms with Crippen LogP contribution in [-0.4, -0.2) is 66.7 Å². The summed E-state index contributed by atoms with van der Waals surface area (Å²) in [5.41, 5.74) is 3.28. The number of piperidine rings is 2. The fraction of sp³-hybridized carbons (Fsp3) is 0.457. The summed E-state index contributed by atoms with van der Waals surface area (Å²) < 4.78 is 20.8. The number of ether oxygens (including phenoxy) is 1. The number of hydrogen-bond donors (Lipinski definition) is 2. The maximum absolute atomic E-state index is 14.9. The number of anilines is 5. The van der Waals surface area contributed by atoms with Crippen molar-refractivity contribution in [1.29, 1.82) is 0 Å². The minimum absolute atomic E-state index is 0.0620. The summed E-state index contributed by atoms with van der Waals surface area (Å²) in [5.74, 6) is 0.765. The molecule has 1 amide bonds. The molecule has 4 fully saturated rings. The van der Waals surface area contributed by atoms with Crippen LogP contribution in [0.2, 0.25) is 5.02 Å². The zero-order valence-electron chi connectivity index (χ0n) is 26.7. The van der Waals surface area contributed by atoms with E-state index in [1.165, 1.54) is 57.2 Å². The van der Waals surface area contributed by atoms with Crippen molar-refractivity contribution < 1.29 is 18.8 Å². The Morgan fingerprint density at radius 3 is 2.60 bits per heavy atom. The summed E-state index contributed by atoms with van der Waals surface area (Å²) in [6.45, 7) is 8.26. The van der Waals surface area contributed by atoms with Crippen molar-refractivity contribution in [1.82, 2.24) is 14.9 Å². The largest absolute Gasteiger partial charge is 0.494 e. The van der Waals surface area contributed by atoms with E-state index in [2.05, 4.69) is 37.0 Å². The number of methoxy groups -OCH3 is 1. The van der Waals surface area contributed by atoms with Crippen LogP contribution in [0.5, 0.6) is 5.75 Å². The Labute approximate surface area is 279 Å². The third-order valence-electron chi connectivity index (χ3n) is 10.3. The average molecular weight is 662 g/mol. The molecular formula is C35H41ClFN7O3. The van der Waals surface area contributed by atoms with Gasteiger partial charge in [-0.15, -0.1) is 0 Å². The number of halogens is 2. The second-order valence-corrected chi connectivity index (χ2v) is 13.4. The van der Waals surface area contributed by atoms with Gasteiger partial charge in [0.2, 0.25) is 5.91 Å². The predicted molar refractivity (Wildman–Crippen MR) is 182 cm³/mol. The van der Waals surface area contributed by atoms with Gasteiger partial charge in [-0.3, -0.25) is 9.63 Å². The molecule has 4 heterocycles. The molecule has 2 aromatic carbocycles. The van der Waals surface area contributed by atoms with E-state index in [0.717, 1.165) is 31.6 Å². The van der Waals surface area contributed by atoms with Crippen molar-refractivity contribution in [2.75, 3.05) is 60.5 Å². The molecule has 1 aromatic heterocycles. The maximum Gasteiger partial charge on any atom is 0.247 e. The normalized spacial score (nSPS) is 21.1. The number of aromatic nitrogens is 2. The summed E-state index contributed by atoms with van der Waals surface area (Å²) in [7, 11) is 1.62. The second-order valence-electron chi connectivity index (χ2n) is 13.0. The van der Waals surface area contributed by atoms with E-state index < -0.39 is 11.9 Å². The number of carbonyl (C=O) groups is 1. The summed E-state index contributed by atoms with van der Waals surface area (Å²) in [6, 6.07) is 10.7. The zero-order valence-corrected chi connectivity index (χ0v) is 27.4. The molecule has 248 valence electrons. The van der Waals surface area contributed by atoms with Crippen LogP contribution in [0.3, 0.4) is 0 Å². The molecule has 47 heavy (non-hydrogen) atoms. The molecule has 2 N–H and O–H groups in total. The van der Waals surface area contributed by atoms with Crippen LogP contribution in [0.15, 0.2) is 55.4 Å². The fourth-order valence-electron chi connectivity index (χ4n) is 7.32. The van der Waals surface area contributed by atoms with Gasteiger partial charge in [-0.2, -0.15) is 0 Å². The zero-order chi connectivity index (χ0) is 32.5. The van der Waals surface area contributed by atoms with Crippen LogP contribution in [0.4, 0.5) is 33.1 Å². The number of hydroxylamine groups is 1. The van der Waals surface area contributed by atoms with E-state index in [4.69, 9.17) is 21.2 Å². The number of hydrogen-bond acceptors (Lipinski definition) is 9. The molecule has 4 aliphatic rings. The average Bonchev–Trinajstić information content (AvgIpc) is 3.66. The van der Waals surface area contributed by atoms with E-state index in [1.807, 2.05) is 12.1 Å². The van der Waals surface area contributed by atoms with E-state index in [0.29, 0.717) is 58.8 Å². The van der Waals surface area contributed by atoms with Crippen LogP contribution in [0.25, 0.3) is 0 Å². The van der Waals surface area contributed by atoms with Gasteiger partial charge in [-0.05, 0) is 75.2 Å². The van der Waals surface area contributed by atoms with E-state index in [1.54, 1.807) is 30.4 Å². The first-order chi connectivity index (χ1) is 22.9. The highest BCUT2D eigenvalue weighted by Crippen LogP contribution is 2.54. The molecule has 3 saturated heterocycles. The second kappa shape index (κ2) is 13.3. The number of carbonyl (C=O) groups excluding carboxylic acids is 1. The maximum atomic E-state index is 14.9. The van der Waals surface area contributed by atoms with Crippen molar-refractivity contribution in [3.8, 4) is 5.75 Å². The van der Waals surface area contributed by atoms with Crippen LogP contribution in [0.1, 0.15) is 56.6 Å². The Kier molecular flexibility index (Phi) is 8.95. The molecule has 1 saturated carbocycles. The van der Waals surface area contributed by atoms with Crippen molar-refractivity contribution in [2.24, 2.45) is 5.41 Å². The third-order valence-corrected chi connectivity index (χ3v) is 10.6. The molecule has 0 bridgehead atoms. The van der Waals surface area contributed by atoms with Crippen molar-refractivity contribution >= 4 is 46.2 Å². The number of benzene rings is 2. The molecule has 0 unspecified atom stereocenters. The first-order valence-electron chi connectivity index (χ1n) is 16.5. The molecule has 1 aliphatic carbocycles. The lowest BCUT2D eigenvalue weighted by Crippen LogP contribution is -2.48. The summed E-state index contributed by atoms with van der Waals surface area (Å²) in [5, 5.41) is 7.99. The predicted octanol–water partition coefficient (Wildman–Crippen LogP) is 6.87. The minimum atomic E-state index is -0.469. The summed E-state index contributed by atoms with van der Waals surface area (Å²) in [6.07, 6.45) is 10.9. The minimum Gasteiger partial charge on any atom is -0.494 e. The van der Waals surface area contributed by atoms with Gasteiger partial charge in [0.25, 0.3) is 0 Å². The number of rotatable bonds is 9. The van der Waals surface area contributed by atoms with Gasteiger partial charge in [0.15, 0.2) is 5.82 Å². The van der Waals surface area contributed by atoms with Crippen molar-refractivity contribution in [3.05, 3.63) is 71.8 Å². The molecule has 12 heteroatoms. The summed E-state index contributed by atoms with van der Waals surface area (Å²) >= 11 is 6.07. The Bertz CT molecular complexity index is 1640. The van der Waals surface area contributed by atoms with E-state index >= 15 is 0 Å². The highest BCUT2D eigenvalue weighted by molar-refractivity contribution is 6.30. The van der Waals surface area contributed by atoms with Crippen LogP contribution in [0, 0.1) is 11.2 Å². The first kappa shape index (κ1) is 31.7. The highest BCUT2D eigenvalue weighted by atomic mass is 35.5. The molecule has 3 aliphatic heterocycles. The molecular weight excluding hydrogens is 621 g/mol. The fourth-order valence-corrected chi connectivity index (χ4v) is 7.50. The number of nitrogens with zero attached hydrogens (tertiary/aromatic N) is 5. The van der Waals surface area contributed by atoms with Gasteiger partial charge in [0.05, 0.1) is 41.8 Å². The van der Waals surface area contributed by atoms with Crippen molar-refractivity contribution in [2.45, 2.75) is 57.0 Å². The monoisotopic (exact) mass is 661 g/mol. The third kappa shape index (κ3) is 6.61. The molecule has 0 radical (unpaired) electrons. The Morgan fingerprint density at radius 2 is 1.87 bits per heavy atom. The standard InChI is InChI=1S/C35H41ClFN7O3/c1-3-33(45)41-26-19-27(30(46-2)20-29(26)43-14-7-23(8-15-43)42-16-12-35(10-11-35)13-17-42)40-31-21-32(39-22-38-31)44-28(9-18-47-44)24-5-4-6-25(36)34(24)37/h3-6,19-23,28H,1,7-18H2,2H3,(H,41,45)(H,38,39,40)/t28-/m1/s1. The Balaban J connectivity index is 1.10. The number of likely N-dealkylation sites (tertiary alicyclic amines) is 1. The van der Waals surface area contributed by atoms with Crippen LogP contribution in [-0.2, 0) is 9.63 Å². The highest BCUT2D eigenvalue weighted by Gasteiger charge is 2.45. The van der Waals surface area contributed by atoms with E-state index in [9.17, 15) is 9.18 Å². The molecule has 10 nitrogen and oxygen atoms in total. The Morgan fingerprint density at radius 1 is 1.09 bits per heavy atom. The molecule has 1 spiro atoms. The first-order valence-corrected chi connectivity index (χ1v) is 16.8. The lowest BCUT2D eigenvalue weighted by Gasteiger charge is -2.43. The number of nitrogens with one attached hydrogen (secondary N) is 2. The lowest BCUT2D eigenvalue weighted by molar-refractivity contribution is -0.111. The smallest absolute Gasteiger partial charge is 0.247 e. The van der Waals surface area contributed by atoms with Gasteiger partial charge >= 0.3 is 0 Å². The molecule has 3 aromatic rings. The van der Waals surface area contributed by atoms with Crippen LogP contribution < -0.4 is 25.3 Å². The summed E-state index contributed by atoms with van der Waals surface area (Å²) in [4.78, 5) is 32.3. The van der Waals surface area contributed by atoms with Gasteiger partial charge in [-0.1, -0.05) is 30.3 Å². The van der Waals surface area contributed by atoms with Gasteiger partial charge < -0.3 is 25.2 Å². The van der Waals surface area contributed by atoms with E-state index in [-0.39, 0.29) is 10.9 Å². The van der Waals surface area contributed by atoms with Crippen molar-refractivity contribution in [3.63, 3.8) is 0 Å². The SMILES string of the molecule is C=CC(=O)Nc1cc(Nc2cc(N3OCC[C@@H]3c3cccc(Cl)c3F)ncn2)c(OC)cc1N1CCC(N2CCC3(CC2)CC3)CC1. The topological polar surface area (TPSA) is 95.1 Å². The van der Waals surface area contributed by atoms with Crippen LogP contribution >= 0.6 is 11.6 Å². The lowest BCUT2D eigenvalue weighted by atomic mass is 9.91. The van der Waals surface area contributed by atoms with Gasteiger partial charge in [0.1, 0.15) is 23.7 Å². The molecule has 1 atom stereocenters. The Hall–Kier alpha value is -3.93. The number of amides is 1. The van der Waals surface area contributed by atoms with Gasteiger partial charge in [-0.25, -0.2) is 19.4 Å².